The molecule has 0 radical (unpaired) electrons. The highest BCUT2D eigenvalue weighted by molar-refractivity contribution is 5.96. The number of nitrogens with zero attached hydrogens (tertiary/aromatic N) is 3. The van der Waals surface area contributed by atoms with Crippen LogP contribution in [0.5, 0.6) is 0 Å². The van der Waals surface area contributed by atoms with Crippen molar-refractivity contribution in [1.82, 2.24) is 15.0 Å². The maximum Gasteiger partial charge on any atom is 0.187 e. The third-order valence-corrected chi connectivity index (χ3v) is 3.15. The number of para-hydroxylation sites is 1. The molecule has 0 amide bonds. The second-order valence-electron chi connectivity index (χ2n) is 4.71. The number of Topliss-reactive ketones (excluding diaryl/α,β-unsaturated/α-hetero) is 1. The third-order valence-electron chi connectivity index (χ3n) is 3.15. The minimum Gasteiger partial charge on any atom is -0.399 e. The number of hydrogen-bond donors (Lipinski definition) is 1. The molecular weight excluding hydrogens is 264 g/mol. The van der Waals surface area contributed by atoms with Gasteiger partial charge < -0.3 is 5.73 Å². The lowest BCUT2D eigenvalue weighted by molar-refractivity contribution is 0.0985. The molecule has 0 fully saturated rings. The smallest absolute Gasteiger partial charge is 0.187 e. The summed E-state index contributed by atoms with van der Waals surface area (Å²) in [7, 11) is 0. The summed E-state index contributed by atoms with van der Waals surface area (Å²) in [5, 5.41) is 7.83. The molecule has 0 aliphatic carbocycles. The van der Waals surface area contributed by atoms with Gasteiger partial charge in [-0.05, 0) is 29.8 Å². The summed E-state index contributed by atoms with van der Waals surface area (Å²) >= 11 is 0. The minimum atomic E-state index is -0.0468. The van der Waals surface area contributed by atoms with Gasteiger partial charge in [-0.2, -0.15) is 0 Å². The van der Waals surface area contributed by atoms with Crippen LogP contribution in [0.25, 0.3) is 5.69 Å². The van der Waals surface area contributed by atoms with E-state index >= 15 is 0 Å². The van der Waals surface area contributed by atoms with Crippen LogP contribution in [0.2, 0.25) is 0 Å². The highest BCUT2D eigenvalue weighted by Gasteiger charge is 2.15. The molecule has 104 valence electrons. The monoisotopic (exact) mass is 278 g/mol. The summed E-state index contributed by atoms with van der Waals surface area (Å²) in [4.78, 5) is 12.4. The topological polar surface area (TPSA) is 73.8 Å². The Balaban J connectivity index is 1.88. The number of nitrogens with two attached hydrogens (primary N) is 1. The molecule has 5 nitrogen and oxygen atoms in total. The van der Waals surface area contributed by atoms with Crippen LogP contribution in [-0.2, 0) is 6.42 Å². The van der Waals surface area contributed by atoms with E-state index < -0.39 is 0 Å². The van der Waals surface area contributed by atoms with Gasteiger partial charge >= 0.3 is 0 Å². The van der Waals surface area contributed by atoms with Gasteiger partial charge in [-0.1, -0.05) is 35.5 Å². The van der Waals surface area contributed by atoms with Crippen molar-refractivity contribution in [1.29, 1.82) is 0 Å². The normalized spacial score (nSPS) is 10.5. The van der Waals surface area contributed by atoms with Crippen LogP contribution in [0.1, 0.15) is 16.1 Å². The average Bonchev–Trinajstić information content (AvgIpc) is 2.98. The number of anilines is 1. The highest BCUT2D eigenvalue weighted by atomic mass is 16.1. The van der Waals surface area contributed by atoms with Gasteiger partial charge in [0.1, 0.15) is 5.69 Å². The molecule has 1 aromatic heterocycles. The largest absolute Gasteiger partial charge is 0.399 e. The standard InChI is InChI=1S/C16H14N4O/c17-13-6-4-5-12(9-13)10-16(21)15-11-18-19-20(15)14-7-2-1-3-8-14/h1-9,11H,10,17H2. The Kier molecular flexibility index (Phi) is 3.47. The Bertz CT molecular complexity index is 765. The molecule has 0 spiro atoms. The van der Waals surface area contributed by atoms with Crippen molar-refractivity contribution in [3.05, 3.63) is 72.1 Å². The molecule has 5 heteroatoms. The van der Waals surface area contributed by atoms with Gasteiger partial charge in [0.15, 0.2) is 5.78 Å². The summed E-state index contributed by atoms with van der Waals surface area (Å²) in [6.45, 7) is 0. The maximum atomic E-state index is 12.4. The number of aromatic nitrogens is 3. The lowest BCUT2D eigenvalue weighted by Gasteiger charge is -2.05. The number of carbonyl (C=O) groups excluding carboxylic acids is 1. The number of ketones is 1. The van der Waals surface area contributed by atoms with E-state index in [2.05, 4.69) is 10.3 Å². The predicted molar refractivity (Wildman–Crippen MR) is 80.2 cm³/mol. The molecule has 2 aromatic carbocycles. The van der Waals surface area contributed by atoms with Gasteiger partial charge in [0.05, 0.1) is 11.9 Å². The molecule has 0 saturated heterocycles. The second kappa shape index (κ2) is 5.58. The first kappa shape index (κ1) is 13.1. The van der Waals surface area contributed by atoms with Gasteiger partial charge in [0.2, 0.25) is 0 Å². The molecule has 2 N–H and O–H groups in total. The van der Waals surface area contributed by atoms with Gasteiger partial charge in [-0.3, -0.25) is 4.79 Å². The van der Waals surface area contributed by atoms with Gasteiger partial charge in [-0.25, -0.2) is 4.68 Å². The van der Waals surface area contributed by atoms with E-state index in [4.69, 9.17) is 5.73 Å². The molecule has 0 aliphatic heterocycles. The van der Waals surface area contributed by atoms with E-state index in [1.165, 1.54) is 6.20 Å². The maximum absolute atomic E-state index is 12.4. The first-order valence-electron chi connectivity index (χ1n) is 6.58. The molecular formula is C16H14N4O. The van der Waals surface area contributed by atoms with Crippen molar-refractivity contribution < 1.29 is 4.79 Å². The Morgan fingerprint density at radius 1 is 1.10 bits per heavy atom. The molecule has 0 aliphatic rings. The van der Waals surface area contributed by atoms with Crippen LogP contribution in [0.4, 0.5) is 5.69 Å². The van der Waals surface area contributed by atoms with Gasteiger partial charge in [0, 0.05) is 12.1 Å². The fourth-order valence-electron chi connectivity index (χ4n) is 2.16. The summed E-state index contributed by atoms with van der Waals surface area (Å²) in [5.41, 5.74) is 8.53. The van der Waals surface area contributed by atoms with Crippen LogP contribution < -0.4 is 5.73 Å². The number of hydrogen-bond acceptors (Lipinski definition) is 4. The van der Waals surface area contributed by atoms with E-state index in [1.807, 2.05) is 42.5 Å². The van der Waals surface area contributed by atoms with Crippen LogP contribution >= 0.6 is 0 Å². The Morgan fingerprint density at radius 2 is 1.90 bits per heavy atom. The zero-order chi connectivity index (χ0) is 14.7. The molecule has 0 saturated carbocycles. The van der Waals surface area contributed by atoms with E-state index in [0.717, 1.165) is 11.3 Å². The molecule has 0 atom stereocenters. The van der Waals surface area contributed by atoms with Crippen molar-refractivity contribution in [2.24, 2.45) is 0 Å². The number of benzene rings is 2. The molecule has 1 heterocycles. The lowest BCUT2D eigenvalue weighted by Crippen LogP contribution is -2.11. The predicted octanol–water partition coefficient (Wildman–Crippen LogP) is 2.27. The zero-order valence-electron chi connectivity index (χ0n) is 11.3. The Hall–Kier alpha value is -2.95. The molecule has 0 unspecified atom stereocenters. The molecule has 3 aromatic rings. The fourth-order valence-corrected chi connectivity index (χ4v) is 2.16. The Morgan fingerprint density at radius 3 is 2.67 bits per heavy atom. The zero-order valence-corrected chi connectivity index (χ0v) is 11.3. The van der Waals surface area contributed by atoms with Crippen molar-refractivity contribution >= 4 is 11.5 Å². The van der Waals surface area contributed by atoms with Gasteiger partial charge in [-0.15, -0.1) is 5.10 Å². The van der Waals surface area contributed by atoms with E-state index in [0.29, 0.717) is 11.4 Å². The Labute approximate surface area is 122 Å². The second-order valence-corrected chi connectivity index (χ2v) is 4.71. The van der Waals surface area contributed by atoms with E-state index in [9.17, 15) is 4.79 Å². The highest BCUT2D eigenvalue weighted by Crippen LogP contribution is 2.13. The summed E-state index contributed by atoms with van der Waals surface area (Å²) in [6.07, 6.45) is 1.76. The van der Waals surface area contributed by atoms with Crippen LogP contribution in [-0.4, -0.2) is 20.8 Å². The van der Waals surface area contributed by atoms with Gasteiger partial charge in [0.25, 0.3) is 0 Å². The van der Waals surface area contributed by atoms with Crippen molar-refractivity contribution in [3.63, 3.8) is 0 Å². The van der Waals surface area contributed by atoms with Crippen LogP contribution in [0, 0.1) is 0 Å². The van der Waals surface area contributed by atoms with Crippen molar-refractivity contribution in [3.8, 4) is 5.69 Å². The quantitative estimate of drug-likeness (QED) is 0.587. The minimum absolute atomic E-state index is 0.0468. The van der Waals surface area contributed by atoms with Crippen molar-refractivity contribution in [2.45, 2.75) is 6.42 Å². The summed E-state index contributed by atoms with van der Waals surface area (Å²) < 4.78 is 1.55. The van der Waals surface area contributed by atoms with Crippen molar-refractivity contribution in [2.75, 3.05) is 5.73 Å². The molecule has 3 rings (SSSR count). The van der Waals surface area contributed by atoms with E-state index in [1.54, 1.807) is 16.8 Å². The molecule has 21 heavy (non-hydrogen) atoms. The number of rotatable bonds is 4. The fraction of sp³-hybridized carbons (Fsp3) is 0.0625. The van der Waals surface area contributed by atoms with Crippen LogP contribution in [0.15, 0.2) is 60.8 Å². The lowest BCUT2D eigenvalue weighted by atomic mass is 10.1. The number of carbonyl (C=O) groups is 1. The van der Waals surface area contributed by atoms with Crippen LogP contribution in [0.3, 0.4) is 0 Å². The number of nitrogen functional groups attached to an aromatic ring is 1. The first-order valence-corrected chi connectivity index (χ1v) is 6.58. The summed E-state index contributed by atoms with van der Waals surface area (Å²) in [5.74, 6) is -0.0468. The van der Waals surface area contributed by atoms with E-state index in [-0.39, 0.29) is 12.2 Å². The third kappa shape index (κ3) is 2.81. The SMILES string of the molecule is Nc1cccc(CC(=O)c2cnnn2-c2ccccc2)c1. The average molecular weight is 278 g/mol. The molecule has 0 bridgehead atoms. The first-order chi connectivity index (χ1) is 10.2. The summed E-state index contributed by atoms with van der Waals surface area (Å²) in [6, 6.07) is 16.8.